The van der Waals surface area contributed by atoms with Crippen LogP contribution in [0.1, 0.15) is 28.7 Å². The maximum atomic E-state index is 12.6. The van der Waals surface area contributed by atoms with Gasteiger partial charge in [0.05, 0.1) is 12.7 Å². The highest BCUT2D eigenvalue weighted by atomic mass is 19.4. The van der Waals surface area contributed by atoms with Crippen LogP contribution in [0.4, 0.5) is 13.2 Å². The first-order chi connectivity index (χ1) is 13.3. The lowest BCUT2D eigenvalue weighted by Crippen LogP contribution is -2.04. The van der Waals surface area contributed by atoms with Gasteiger partial charge < -0.3 is 14.0 Å². The van der Waals surface area contributed by atoms with Gasteiger partial charge in [-0.1, -0.05) is 17.3 Å². The van der Waals surface area contributed by atoms with Gasteiger partial charge >= 0.3 is 6.18 Å². The number of ketones is 1. The van der Waals surface area contributed by atoms with Crippen LogP contribution < -0.4 is 9.47 Å². The molecule has 9 heteroatoms. The molecule has 0 N–H and O–H groups in total. The number of rotatable bonds is 6. The molecule has 0 unspecified atom stereocenters. The summed E-state index contributed by atoms with van der Waals surface area (Å²) in [7, 11) is 1.45. The van der Waals surface area contributed by atoms with Gasteiger partial charge in [0.25, 0.3) is 5.89 Å². The number of carbonyl (C=O) groups is 1. The van der Waals surface area contributed by atoms with Crippen molar-refractivity contribution in [2.75, 3.05) is 7.11 Å². The zero-order valence-electron chi connectivity index (χ0n) is 14.9. The van der Waals surface area contributed by atoms with E-state index in [0.29, 0.717) is 22.6 Å². The number of ether oxygens (including phenoxy) is 2. The zero-order valence-corrected chi connectivity index (χ0v) is 14.9. The van der Waals surface area contributed by atoms with Crippen LogP contribution in [0.2, 0.25) is 0 Å². The zero-order chi connectivity index (χ0) is 20.3. The SMILES string of the molecule is COc1cc(C(C)=O)ccc1OCc1nc(-c2ccc(C(F)(F)F)cc2)no1. The predicted molar refractivity (Wildman–Crippen MR) is 92.1 cm³/mol. The van der Waals surface area contributed by atoms with Crippen molar-refractivity contribution >= 4 is 5.78 Å². The van der Waals surface area contributed by atoms with Crippen molar-refractivity contribution in [2.24, 2.45) is 0 Å². The first-order valence-corrected chi connectivity index (χ1v) is 8.10. The summed E-state index contributed by atoms with van der Waals surface area (Å²) in [5, 5.41) is 3.75. The van der Waals surface area contributed by atoms with E-state index in [0.717, 1.165) is 12.1 Å². The molecular weight excluding hydrogens is 377 g/mol. The molecule has 146 valence electrons. The molecule has 0 saturated carbocycles. The van der Waals surface area contributed by atoms with Crippen LogP contribution >= 0.6 is 0 Å². The molecule has 3 aromatic rings. The van der Waals surface area contributed by atoms with E-state index < -0.39 is 11.7 Å². The van der Waals surface area contributed by atoms with Crippen LogP contribution in [0, 0.1) is 0 Å². The Kier molecular flexibility index (Phi) is 5.34. The van der Waals surface area contributed by atoms with Crippen LogP contribution in [0.5, 0.6) is 11.5 Å². The lowest BCUT2D eigenvalue weighted by molar-refractivity contribution is -0.137. The first-order valence-electron chi connectivity index (χ1n) is 8.10. The number of benzene rings is 2. The number of methoxy groups -OCH3 is 1. The fourth-order valence-corrected chi connectivity index (χ4v) is 2.38. The van der Waals surface area contributed by atoms with Crippen molar-refractivity contribution in [3.8, 4) is 22.9 Å². The second kappa shape index (κ2) is 7.71. The molecule has 0 aliphatic rings. The highest BCUT2D eigenvalue weighted by Crippen LogP contribution is 2.31. The largest absolute Gasteiger partial charge is 0.493 e. The van der Waals surface area contributed by atoms with Crippen LogP contribution in [0.25, 0.3) is 11.4 Å². The van der Waals surface area contributed by atoms with Gasteiger partial charge in [-0.2, -0.15) is 18.2 Å². The van der Waals surface area contributed by atoms with E-state index in [1.54, 1.807) is 18.2 Å². The Balaban J connectivity index is 1.71. The molecule has 2 aromatic carbocycles. The fraction of sp³-hybridized carbons (Fsp3) is 0.211. The third kappa shape index (κ3) is 4.30. The maximum absolute atomic E-state index is 12.6. The predicted octanol–water partition coefficient (Wildman–Crippen LogP) is 4.55. The number of nitrogens with zero attached hydrogens (tertiary/aromatic N) is 2. The molecule has 0 fully saturated rings. The Hall–Kier alpha value is -3.36. The number of halogens is 3. The van der Waals surface area contributed by atoms with Crippen LogP contribution in [0.3, 0.4) is 0 Å². The van der Waals surface area contributed by atoms with Crippen LogP contribution in [0.15, 0.2) is 47.0 Å². The van der Waals surface area contributed by atoms with E-state index >= 15 is 0 Å². The van der Waals surface area contributed by atoms with Crippen molar-refractivity contribution in [3.05, 3.63) is 59.5 Å². The van der Waals surface area contributed by atoms with Gasteiger partial charge in [0.15, 0.2) is 23.9 Å². The molecular formula is C19H15F3N2O4. The molecule has 6 nitrogen and oxygen atoms in total. The number of aromatic nitrogens is 2. The molecule has 0 aliphatic heterocycles. The molecule has 0 bridgehead atoms. The summed E-state index contributed by atoms with van der Waals surface area (Å²) in [4.78, 5) is 15.5. The molecule has 0 aliphatic carbocycles. The normalized spacial score (nSPS) is 11.3. The van der Waals surface area contributed by atoms with Gasteiger partial charge in [-0.25, -0.2) is 0 Å². The van der Waals surface area contributed by atoms with Gasteiger partial charge in [0.1, 0.15) is 0 Å². The molecule has 28 heavy (non-hydrogen) atoms. The van der Waals surface area contributed by atoms with Crippen LogP contribution in [-0.2, 0) is 12.8 Å². The van der Waals surface area contributed by atoms with Gasteiger partial charge in [0.2, 0.25) is 5.82 Å². The van der Waals surface area contributed by atoms with E-state index in [2.05, 4.69) is 10.1 Å². The Labute approximate surface area is 157 Å². The van der Waals surface area contributed by atoms with E-state index in [1.807, 2.05) is 0 Å². The summed E-state index contributed by atoms with van der Waals surface area (Å²) in [5.41, 5.74) is 0.0994. The monoisotopic (exact) mass is 392 g/mol. The Morgan fingerprint density at radius 3 is 2.43 bits per heavy atom. The van der Waals surface area contributed by atoms with Crippen molar-refractivity contribution in [1.29, 1.82) is 0 Å². The van der Waals surface area contributed by atoms with Crippen molar-refractivity contribution in [2.45, 2.75) is 19.7 Å². The number of hydrogen-bond acceptors (Lipinski definition) is 6. The standard InChI is InChI=1S/C19H15F3N2O4/c1-11(25)13-5-8-15(16(9-13)26-2)27-10-17-23-18(24-28-17)12-3-6-14(7-4-12)19(20,21)22/h3-9H,10H2,1-2H3. The van der Waals surface area contributed by atoms with Gasteiger partial charge in [-0.05, 0) is 37.3 Å². The van der Waals surface area contributed by atoms with Crippen LogP contribution in [-0.4, -0.2) is 23.0 Å². The van der Waals surface area contributed by atoms with Gasteiger partial charge in [-0.15, -0.1) is 0 Å². The summed E-state index contributed by atoms with van der Waals surface area (Å²) >= 11 is 0. The van der Waals surface area contributed by atoms with E-state index in [4.69, 9.17) is 14.0 Å². The third-order valence-corrected chi connectivity index (χ3v) is 3.86. The van der Waals surface area contributed by atoms with E-state index in [-0.39, 0.29) is 24.1 Å². The summed E-state index contributed by atoms with van der Waals surface area (Å²) in [5.74, 6) is 0.915. The van der Waals surface area contributed by atoms with Crippen molar-refractivity contribution in [3.63, 3.8) is 0 Å². The quantitative estimate of drug-likeness (QED) is 0.573. The first kappa shape index (κ1) is 19.4. The Morgan fingerprint density at radius 2 is 1.82 bits per heavy atom. The molecule has 0 radical (unpaired) electrons. The van der Waals surface area contributed by atoms with E-state index in [9.17, 15) is 18.0 Å². The van der Waals surface area contributed by atoms with Crippen molar-refractivity contribution < 1.29 is 32.0 Å². The second-order valence-corrected chi connectivity index (χ2v) is 5.80. The Bertz CT molecular complexity index is 982. The van der Waals surface area contributed by atoms with Crippen molar-refractivity contribution in [1.82, 2.24) is 10.1 Å². The molecule has 0 spiro atoms. The van der Waals surface area contributed by atoms with Gasteiger partial charge in [0, 0.05) is 11.1 Å². The summed E-state index contributed by atoms with van der Waals surface area (Å²) in [6, 6.07) is 9.17. The third-order valence-electron chi connectivity index (χ3n) is 3.86. The van der Waals surface area contributed by atoms with E-state index in [1.165, 1.54) is 26.2 Å². The average molecular weight is 392 g/mol. The summed E-state index contributed by atoms with van der Waals surface area (Å²) in [6.07, 6.45) is -4.41. The molecule has 0 atom stereocenters. The topological polar surface area (TPSA) is 74.5 Å². The lowest BCUT2D eigenvalue weighted by atomic mass is 10.1. The molecule has 1 heterocycles. The second-order valence-electron chi connectivity index (χ2n) is 5.80. The minimum absolute atomic E-state index is 0.0799. The smallest absolute Gasteiger partial charge is 0.416 e. The lowest BCUT2D eigenvalue weighted by Gasteiger charge is -2.09. The Morgan fingerprint density at radius 1 is 1.11 bits per heavy atom. The minimum atomic E-state index is -4.41. The van der Waals surface area contributed by atoms with Gasteiger partial charge in [-0.3, -0.25) is 4.79 Å². The number of carbonyl (C=O) groups excluding carboxylic acids is 1. The molecule has 1 aromatic heterocycles. The highest BCUT2D eigenvalue weighted by molar-refractivity contribution is 5.94. The molecule has 0 amide bonds. The highest BCUT2D eigenvalue weighted by Gasteiger charge is 2.30. The maximum Gasteiger partial charge on any atom is 0.416 e. The number of alkyl halides is 3. The summed E-state index contributed by atoms with van der Waals surface area (Å²) in [6.45, 7) is 1.36. The number of hydrogen-bond donors (Lipinski definition) is 0. The number of Topliss-reactive ketones (excluding diaryl/α,β-unsaturated/α-hetero) is 1. The fourth-order valence-electron chi connectivity index (χ4n) is 2.38. The summed E-state index contributed by atoms with van der Waals surface area (Å²) < 4.78 is 53.7. The minimum Gasteiger partial charge on any atom is -0.493 e. The molecule has 3 rings (SSSR count). The average Bonchev–Trinajstić information content (AvgIpc) is 3.14. The molecule has 0 saturated heterocycles.